The summed E-state index contributed by atoms with van der Waals surface area (Å²) in [5, 5.41) is 8.09. The Morgan fingerprint density at radius 3 is 2.56 bits per heavy atom. The van der Waals surface area contributed by atoms with E-state index < -0.39 is 6.61 Å². The fraction of sp³-hybridized carbons (Fsp3) is 0.471. The highest BCUT2D eigenvalue weighted by Crippen LogP contribution is 2.26. The minimum absolute atomic E-state index is 0.00901. The van der Waals surface area contributed by atoms with Crippen molar-refractivity contribution in [2.45, 2.75) is 37.9 Å². The average molecular weight is 399 g/mol. The number of aromatic nitrogens is 2. The number of ether oxygens (including phenoxy) is 2. The number of hydrogen-bond acceptors (Lipinski definition) is 7. The number of benzene rings is 1. The molecule has 2 aromatic rings. The van der Waals surface area contributed by atoms with Gasteiger partial charge in [0, 0.05) is 18.7 Å². The summed E-state index contributed by atoms with van der Waals surface area (Å²) < 4.78 is 39.8. The van der Waals surface area contributed by atoms with E-state index in [1.807, 2.05) is 13.8 Å². The second-order valence-electron chi connectivity index (χ2n) is 6.12. The Morgan fingerprint density at radius 1 is 1.26 bits per heavy atom. The molecule has 2 heterocycles. The molecule has 1 aliphatic heterocycles. The average Bonchev–Trinajstić information content (AvgIpc) is 3.08. The van der Waals surface area contributed by atoms with E-state index in [0.29, 0.717) is 18.7 Å². The van der Waals surface area contributed by atoms with E-state index in [4.69, 9.17) is 9.15 Å². The van der Waals surface area contributed by atoms with Crippen molar-refractivity contribution in [3.8, 4) is 17.2 Å². The number of carbonyl (C=O) groups is 1. The maximum Gasteiger partial charge on any atom is 0.387 e. The molecular formula is C17H19F2N3O4S. The van der Waals surface area contributed by atoms with E-state index in [0.717, 1.165) is 11.8 Å². The van der Waals surface area contributed by atoms with Crippen LogP contribution in [0.2, 0.25) is 0 Å². The minimum atomic E-state index is -2.88. The molecule has 1 fully saturated rings. The number of morpholine rings is 1. The van der Waals surface area contributed by atoms with Gasteiger partial charge in [-0.1, -0.05) is 11.8 Å². The number of hydrogen-bond donors (Lipinski definition) is 0. The molecule has 0 saturated carbocycles. The van der Waals surface area contributed by atoms with Crippen molar-refractivity contribution in [2.24, 2.45) is 0 Å². The van der Waals surface area contributed by atoms with Crippen LogP contribution in [0.5, 0.6) is 5.75 Å². The predicted molar refractivity (Wildman–Crippen MR) is 93.7 cm³/mol. The van der Waals surface area contributed by atoms with Crippen molar-refractivity contribution in [3.63, 3.8) is 0 Å². The molecule has 0 bridgehead atoms. The monoisotopic (exact) mass is 399 g/mol. The number of nitrogens with zero attached hydrogens (tertiary/aromatic N) is 3. The number of rotatable bonds is 6. The van der Waals surface area contributed by atoms with Crippen LogP contribution in [0.25, 0.3) is 11.5 Å². The normalized spacial score (nSPS) is 20.1. The molecule has 0 aliphatic carbocycles. The van der Waals surface area contributed by atoms with Crippen LogP contribution in [-0.2, 0) is 9.53 Å². The van der Waals surface area contributed by atoms with E-state index in [2.05, 4.69) is 14.9 Å². The first-order valence-electron chi connectivity index (χ1n) is 8.35. The van der Waals surface area contributed by atoms with Crippen molar-refractivity contribution < 1.29 is 27.5 Å². The van der Waals surface area contributed by atoms with Crippen LogP contribution in [-0.4, -0.2) is 58.7 Å². The summed E-state index contributed by atoms with van der Waals surface area (Å²) in [7, 11) is 0. The van der Waals surface area contributed by atoms with Crippen molar-refractivity contribution in [1.82, 2.24) is 15.1 Å². The molecular weight excluding hydrogens is 380 g/mol. The molecule has 27 heavy (non-hydrogen) atoms. The third-order valence-electron chi connectivity index (χ3n) is 3.82. The fourth-order valence-electron chi connectivity index (χ4n) is 2.76. The molecule has 7 nitrogen and oxygen atoms in total. The van der Waals surface area contributed by atoms with Gasteiger partial charge in [0.2, 0.25) is 11.8 Å². The number of thioether (sulfide) groups is 1. The van der Waals surface area contributed by atoms with Crippen LogP contribution >= 0.6 is 11.8 Å². The van der Waals surface area contributed by atoms with Crippen LogP contribution in [0, 0.1) is 0 Å². The summed E-state index contributed by atoms with van der Waals surface area (Å²) in [4.78, 5) is 14.1. The van der Waals surface area contributed by atoms with Gasteiger partial charge in [-0.3, -0.25) is 4.79 Å². The number of carbonyl (C=O) groups excluding carboxylic acids is 1. The SMILES string of the molecule is C[C@@H]1CN(C(=O)CSc2nnc(-c3ccc(OC(F)F)cc3)o2)C[C@H](C)O1. The van der Waals surface area contributed by atoms with E-state index in [1.165, 1.54) is 12.1 Å². The Balaban J connectivity index is 1.55. The Labute approximate surface area is 159 Å². The lowest BCUT2D eigenvalue weighted by Crippen LogP contribution is -2.48. The standard InChI is InChI=1S/C17H19F2N3O4S/c1-10-7-22(8-11(2)24-10)14(23)9-27-17-21-20-15(26-17)12-3-5-13(6-4-12)25-16(18)19/h3-6,10-11,16H,7-9H2,1-2H3/t10-,11+. The van der Waals surface area contributed by atoms with Crippen LogP contribution in [0.4, 0.5) is 8.78 Å². The van der Waals surface area contributed by atoms with E-state index in [9.17, 15) is 13.6 Å². The van der Waals surface area contributed by atoms with E-state index in [1.54, 1.807) is 17.0 Å². The van der Waals surface area contributed by atoms with Gasteiger partial charge in [-0.25, -0.2) is 0 Å². The molecule has 0 unspecified atom stereocenters. The van der Waals surface area contributed by atoms with Crippen molar-refractivity contribution >= 4 is 17.7 Å². The van der Waals surface area contributed by atoms with Gasteiger partial charge < -0.3 is 18.8 Å². The van der Waals surface area contributed by atoms with E-state index >= 15 is 0 Å². The summed E-state index contributed by atoms with van der Waals surface area (Å²) in [6.45, 7) is 2.12. The third kappa shape index (κ3) is 5.39. The second kappa shape index (κ2) is 8.66. The van der Waals surface area contributed by atoms with Gasteiger partial charge in [-0.15, -0.1) is 10.2 Å². The van der Waals surface area contributed by atoms with Crippen molar-refractivity contribution in [3.05, 3.63) is 24.3 Å². The Kier molecular flexibility index (Phi) is 6.27. The first-order valence-corrected chi connectivity index (χ1v) is 9.34. The van der Waals surface area contributed by atoms with Gasteiger partial charge in [0.15, 0.2) is 0 Å². The molecule has 0 N–H and O–H groups in total. The van der Waals surface area contributed by atoms with Crippen LogP contribution in [0.1, 0.15) is 13.8 Å². The van der Waals surface area contributed by atoms with Crippen molar-refractivity contribution in [1.29, 1.82) is 0 Å². The largest absolute Gasteiger partial charge is 0.435 e. The highest BCUT2D eigenvalue weighted by Gasteiger charge is 2.26. The maximum atomic E-state index is 12.3. The molecule has 2 atom stereocenters. The topological polar surface area (TPSA) is 77.7 Å². The third-order valence-corrected chi connectivity index (χ3v) is 4.63. The molecule has 0 radical (unpaired) electrons. The summed E-state index contributed by atoms with van der Waals surface area (Å²) in [5.74, 6) is 0.447. The molecule has 146 valence electrons. The van der Waals surface area contributed by atoms with Gasteiger partial charge in [0.25, 0.3) is 5.22 Å². The highest BCUT2D eigenvalue weighted by molar-refractivity contribution is 7.99. The van der Waals surface area contributed by atoms with Crippen LogP contribution in [0.15, 0.2) is 33.9 Å². The predicted octanol–water partition coefficient (Wildman–Crippen LogP) is 3.07. The lowest BCUT2D eigenvalue weighted by molar-refractivity contribution is -0.140. The zero-order chi connectivity index (χ0) is 19.4. The maximum absolute atomic E-state index is 12.3. The summed E-state index contributed by atoms with van der Waals surface area (Å²) in [6, 6.07) is 5.87. The first-order chi connectivity index (χ1) is 12.9. The summed E-state index contributed by atoms with van der Waals surface area (Å²) in [6.07, 6.45) is 0.0180. The minimum Gasteiger partial charge on any atom is -0.435 e. The molecule has 10 heteroatoms. The second-order valence-corrected chi connectivity index (χ2v) is 7.05. The van der Waals surface area contributed by atoms with Crippen LogP contribution in [0.3, 0.4) is 0 Å². The molecule has 3 rings (SSSR count). The number of halogens is 2. The van der Waals surface area contributed by atoms with E-state index in [-0.39, 0.29) is 40.7 Å². The quantitative estimate of drug-likeness (QED) is 0.691. The Bertz CT molecular complexity index is 762. The summed E-state index contributed by atoms with van der Waals surface area (Å²) in [5.41, 5.74) is 0.568. The fourth-order valence-corrected chi connectivity index (χ4v) is 3.43. The molecule has 1 saturated heterocycles. The van der Waals surface area contributed by atoms with Gasteiger partial charge >= 0.3 is 6.61 Å². The molecule has 0 spiro atoms. The number of amides is 1. The van der Waals surface area contributed by atoms with Gasteiger partial charge in [-0.05, 0) is 38.1 Å². The van der Waals surface area contributed by atoms with Crippen molar-refractivity contribution in [2.75, 3.05) is 18.8 Å². The molecule has 1 aromatic carbocycles. The lowest BCUT2D eigenvalue weighted by Gasteiger charge is -2.35. The molecule has 1 aliphatic rings. The Hall–Kier alpha value is -2.20. The molecule has 1 amide bonds. The first kappa shape index (κ1) is 19.6. The summed E-state index contributed by atoms with van der Waals surface area (Å²) >= 11 is 1.16. The van der Waals surface area contributed by atoms with Gasteiger partial charge in [0.05, 0.1) is 18.0 Å². The smallest absolute Gasteiger partial charge is 0.387 e. The van der Waals surface area contributed by atoms with Crippen LogP contribution < -0.4 is 4.74 Å². The molecule has 1 aromatic heterocycles. The van der Waals surface area contributed by atoms with Gasteiger partial charge in [0.1, 0.15) is 5.75 Å². The van der Waals surface area contributed by atoms with Gasteiger partial charge in [-0.2, -0.15) is 8.78 Å². The lowest BCUT2D eigenvalue weighted by atomic mass is 10.2. The Morgan fingerprint density at radius 2 is 1.93 bits per heavy atom. The zero-order valence-corrected chi connectivity index (χ0v) is 15.6. The number of alkyl halides is 2. The highest BCUT2D eigenvalue weighted by atomic mass is 32.2. The zero-order valence-electron chi connectivity index (χ0n) is 14.8.